The van der Waals surface area contributed by atoms with Crippen LogP contribution in [0.4, 0.5) is 0 Å². The van der Waals surface area contributed by atoms with E-state index in [1.807, 2.05) is 6.07 Å². The summed E-state index contributed by atoms with van der Waals surface area (Å²) in [6.07, 6.45) is 0.580. The summed E-state index contributed by atoms with van der Waals surface area (Å²) in [7, 11) is -1.86. The first kappa shape index (κ1) is 9.04. The van der Waals surface area contributed by atoms with Crippen LogP contribution in [0.3, 0.4) is 0 Å². The van der Waals surface area contributed by atoms with E-state index in [4.69, 9.17) is 4.52 Å². The summed E-state index contributed by atoms with van der Waals surface area (Å²) in [5.74, 6) is 0. The molecule has 0 amide bonds. The molecule has 1 rings (SSSR count). The highest BCUT2D eigenvalue weighted by Gasteiger charge is 2.20. The lowest BCUT2D eigenvalue weighted by atomic mass is 10.4. The number of carbonyl (C=O) groups excluding carboxylic acids is 1. The second kappa shape index (κ2) is 4.75. The zero-order valence-corrected chi connectivity index (χ0v) is 7.24. The molecule has 0 aliphatic rings. The molecule has 0 saturated carbocycles. The number of benzene rings is 1. The molecule has 0 spiro atoms. The molecule has 1 aromatic carbocycles. The fourth-order valence-corrected chi connectivity index (χ4v) is 1.48. The van der Waals surface area contributed by atoms with Crippen LogP contribution < -0.4 is 5.30 Å². The van der Waals surface area contributed by atoms with Crippen molar-refractivity contribution in [3.05, 3.63) is 30.3 Å². The van der Waals surface area contributed by atoms with E-state index in [1.54, 1.807) is 24.3 Å². The van der Waals surface area contributed by atoms with Crippen molar-refractivity contribution >= 4 is 19.6 Å². The summed E-state index contributed by atoms with van der Waals surface area (Å²) >= 11 is 0. The second-order valence-corrected chi connectivity index (χ2v) is 3.34. The normalized spacial score (nSPS) is 10.8. The van der Waals surface area contributed by atoms with Gasteiger partial charge in [-0.1, -0.05) is 18.2 Å². The van der Waals surface area contributed by atoms with Crippen LogP contribution in [0.5, 0.6) is 0 Å². The van der Waals surface area contributed by atoms with E-state index < -0.39 is 8.03 Å². The van der Waals surface area contributed by atoms with Gasteiger partial charge in [0.1, 0.15) is 0 Å². The van der Waals surface area contributed by atoms with Gasteiger partial charge in [-0.15, -0.1) is 4.52 Å². The maximum absolute atomic E-state index is 11.2. The van der Waals surface area contributed by atoms with Gasteiger partial charge in [-0.25, -0.2) is 0 Å². The van der Waals surface area contributed by atoms with Gasteiger partial charge < -0.3 is 4.79 Å². The monoisotopic (exact) mass is 183 g/mol. The quantitative estimate of drug-likeness (QED) is 0.521. The fourth-order valence-electron chi connectivity index (χ4n) is 0.722. The maximum atomic E-state index is 11.2. The largest absolute Gasteiger partial charge is 0.549 e. The summed E-state index contributed by atoms with van der Waals surface area (Å²) in [4.78, 5) is 9.89. The molecule has 0 aromatic heterocycles. The highest BCUT2D eigenvalue weighted by atomic mass is 31.1. The van der Waals surface area contributed by atoms with Crippen molar-refractivity contribution in [3.8, 4) is 0 Å². The Kier molecular flexibility index (Phi) is 3.58. The molecule has 12 heavy (non-hydrogen) atoms. The average Bonchev–Trinajstić information content (AvgIpc) is 2.15. The first-order valence-electron chi connectivity index (χ1n) is 3.43. The Hall–Kier alpha value is -1.05. The molecule has 0 aliphatic heterocycles. The van der Waals surface area contributed by atoms with Crippen molar-refractivity contribution in [2.75, 3.05) is 6.61 Å². The summed E-state index contributed by atoms with van der Waals surface area (Å²) in [5.41, 5.74) is 0. The topological polar surface area (TPSA) is 43.4 Å². The van der Waals surface area contributed by atoms with E-state index >= 15 is 0 Å². The zero-order chi connectivity index (χ0) is 8.81. The minimum atomic E-state index is -1.86. The predicted octanol–water partition coefficient (Wildman–Crippen LogP) is 1.27. The van der Waals surface area contributed by atoms with Gasteiger partial charge in [0, 0.05) is 0 Å². The fraction of sp³-hybridized carbons (Fsp3) is 0.125. The van der Waals surface area contributed by atoms with E-state index in [2.05, 4.69) is 0 Å². The Labute approximate surface area is 71.2 Å². The van der Waals surface area contributed by atoms with E-state index in [-0.39, 0.29) is 6.61 Å². The molecular formula is C8H8O3P+. The van der Waals surface area contributed by atoms with Crippen molar-refractivity contribution < 1.29 is 13.9 Å². The van der Waals surface area contributed by atoms with Gasteiger partial charge in [-0.3, -0.25) is 0 Å². The maximum Gasteiger partial charge on any atom is 0.549 e. The summed E-state index contributed by atoms with van der Waals surface area (Å²) in [5, 5.41) is 0.606. The molecule has 1 atom stereocenters. The van der Waals surface area contributed by atoms with Crippen LogP contribution >= 0.6 is 8.03 Å². The third kappa shape index (κ3) is 2.53. The van der Waals surface area contributed by atoms with Crippen molar-refractivity contribution in [2.45, 2.75) is 0 Å². The molecule has 0 aliphatic carbocycles. The van der Waals surface area contributed by atoms with Crippen molar-refractivity contribution in [3.63, 3.8) is 0 Å². The summed E-state index contributed by atoms with van der Waals surface area (Å²) in [6, 6.07) is 8.76. The molecule has 3 nitrogen and oxygen atoms in total. The second-order valence-electron chi connectivity index (χ2n) is 2.06. The van der Waals surface area contributed by atoms with Gasteiger partial charge in [0.25, 0.3) is 0 Å². The van der Waals surface area contributed by atoms with Gasteiger partial charge in [-0.2, -0.15) is 0 Å². The lowest BCUT2D eigenvalue weighted by molar-refractivity contribution is -0.109. The van der Waals surface area contributed by atoms with Crippen LogP contribution in [0.2, 0.25) is 0 Å². The van der Waals surface area contributed by atoms with E-state index in [0.717, 1.165) is 0 Å². The lowest BCUT2D eigenvalue weighted by Gasteiger charge is -1.83. The van der Waals surface area contributed by atoms with Crippen molar-refractivity contribution in [1.29, 1.82) is 0 Å². The molecule has 0 N–H and O–H groups in total. The minimum Gasteiger partial charge on any atom is -0.301 e. The third-order valence-corrected chi connectivity index (χ3v) is 2.33. The minimum absolute atomic E-state index is 0.121. The van der Waals surface area contributed by atoms with E-state index in [1.165, 1.54) is 0 Å². The third-order valence-electron chi connectivity index (χ3n) is 1.23. The number of rotatable bonds is 4. The first-order chi connectivity index (χ1) is 5.84. The molecular weight excluding hydrogens is 175 g/mol. The smallest absolute Gasteiger partial charge is 0.301 e. The highest BCUT2D eigenvalue weighted by Crippen LogP contribution is 2.19. The highest BCUT2D eigenvalue weighted by molar-refractivity contribution is 7.48. The Bertz CT molecular complexity index is 271. The van der Waals surface area contributed by atoms with Crippen LogP contribution in [0.15, 0.2) is 30.3 Å². The zero-order valence-electron chi connectivity index (χ0n) is 6.34. The number of carbonyl (C=O) groups is 1. The van der Waals surface area contributed by atoms with Gasteiger partial charge in [-0.05, 0) is 16.7 Å². The van der Waals surface area contributed by atoms with Crippen LogP contribution in [-0.2, 0) is 13.9 Å². The standard InChI is InChI=1S/C8H8O3P/c9-6-7-11-12(10)8-4-2-1-3-5-8/h1-6H,7H2/q+1. The van der Waals surface area contributed by atoms with Crippen LogP contribution in [0.1, 0.15) is 0 Å². The Balaban J connectivity index is 2.59. The SMILES string of the molecule is O=CCO[P+](=O)c1ccccc1. The van der Waals surface area contributed by atoms with Crippen molar-refractivity contribution in [2.24, 2.45) is 0 Å². The molecule has 0 heterocycles. The molecule has 0 fully saturated rings. The number of hydrogen-bond acceptors (Lipinski definition) is 3. The average molecular weight is 183 g/mol. The predicted molar refractivity (Wildman–Crippen MR) is 45.7 cm³/mol. The molecule has 4 heteroatoms. The first-order valence-corrected chi connectivity index (χ1v) is 4.61. The van der Waals surface area contributed by atoms with Gasteiger partial charge in [0.15, 0.2) is 12.9 Å². The van der Waals surface area contributed by atoms with E-state index in [9.17, 15) is 9.36 Å². The Morgan fingerprint density at radius 1 is 1.33 bits per heavy atom. The van der Waals surface area contributed by atoms with Crippen molar-refractivity contribution in [1.82, 2.24) is 0 Å². The summed E-state index contributed by atoms with van der Waals surface area (Å²) in [6.45, 7) is -0.121. The molecule has 62 valence electrons. The van der Waals surface area contributed by atoms with Crippen LogP contribution in [0.25, 0.3) is 0 Å². The summed E-state index contributed by atoms with van der Waals surface area (Å²) < 4.78 is 15.9. The van der Waals surface area contributed by atoms with Gasteiger partial charge in [0.05, 0.1) is 0 Å². The number of aldehydes is 1. The molecule has 0 saturated heterocycles. The molecule has 0 bridgehead atoms. The lowest BCUT2D eigenvalue weighted by Crippen LogP contribution is -1.98. The Morgan fingerprint density at radius 2 is 2.00 bits per heavy atom. The van der Waals surface area contributed by atoms with E-state index in [0.29, 0.717) is 11.6 Å². The molecule has 1 unspecified atom stereocenters. The molecule has 0 radical (unpaired) electrons. The van der Waals surface area contributed by atoms with Crippen LogP contribution in [-0.4, -0.2) is 12.9 Å². The van der Waals surface area contributed by atoms with Gasteiger partial charge >= 0.3 is 8.03 Å². The van der Waals surface area contributed by atoms with Crippen LogP contribution in [0, 0.1) is 0 Å². The Morgan fingerprint density at radius 3 is 2.58 bits per heavy atom. The molecule has 1 aromatic rings. The van der Waals surface area contributed by atoms with Gasteiger partial charge in [0.2, 0.25) is 5.30 Å². The number of hydrogen-bond donors (Lipinski definition) is 0.